The lowest BCUT2D eigenvalue weighted by Gasteiger charge is -2.14. The predicted molar refractivity (Wildman–Crippen MR) is 77.9 cm³/mol. The molecular weight excluding hydrogens is 265 g/mol. The van der Waals surface area contributed by atoms with Crippen LogP contribution in [0.5, 0.6) is 0 Å². The van der Waals surface area contributed by atoms with Crippen LogP contribution >= 0.6 is 0 Å². The lowest BCUT2D eigenvalue weighted by molar-refractivity contribution is -0.147. The molecule has 0 aromatic heterocycles. The lowest BCUT2D eigenvalue weighted by atomic mass is 10.0. The Labute approximate surface area is 117 Å². The Morgan fingerprint density at radius 3 is 2.55 bits per heavy atom. The molecule has 0 aliphatic heterocycles. The molecule has 0 amide bonds. The van der Waals surface area contributed by atoms with Gasteiger partial charge in [-0.25, -0.2) is 0 Å². The van der Waals surface area contributed by atoms with Crippen molar-refractivity contribution in [3.05, 3.63) is 35.4 Å². The normalized spacial score (nSPS) is 14.8. The molecule has 0 saturated heterocycles. The van der Waals surface area contributed by atoms with E-state index in [2.05, 4.69) is 4.99 Å². The van der Waals surface area contributed by atoms with Gasteiger partial charge in [0.2, 0.25) is 0 Å². The third kappa shape index (κ3) is 4.11. The van der Waals surface area contributed by atoms with Crippen molar-refractivity contribution in [2.24, 2.45) is 4.99 Å². The van der Waals surface area contributed by atoms with E-state index in [4.69, 9.17) is 5.73 Å². The Morgan fingerprint density at radius 1 is 1.40 bits per heavy atom. The number of aryl methyl sites for hydroxylation is 1. The number of aliphatic imine (C=N–C) groups is 1. The summed E-state index contributed by atoms with van der Waals surface area (Å²) in [7, 11) is 0. The fraction of sp³-hybridized carbons (Fsp3) is 0.400. The molecule has 0 radical (unpaired) electrons. The summed E-state index contributed by atoms with van der Waals surface area (Å²) in [6.07, 6.45) is -1.44. The van der Waals surface area contributed by atoms with Crippen LogP contribution in [-0.2, 0) is 0 Å². The fourth-order valence-corrected chi connectivity index (χ4v) is 1.81. The first-order valence-electron chi connectivity index (χ1n) is 6.42. The molecule has 0 saturated carbocycles. The number of alkyl halides is 3. The van der Waals surface area contributed by atoms with Gasteiger partial charge >= 0.3 is 6.18 Å². The monoisotopic (exact) mass is 284 g/mol. The van der Waals surface area contributed by atoms with Crippen LogP contribution in [0.2, 0.25) is 0 Å². The number of allylic oxidation sites excluding steroid dienone is 2. The van der Waals surface area contributed by atoms with Crippen molar-refractivity contribution in [3.63, 3.8) is 0 Å². The molecule has 1 aromatic carbocycles. The molecule has 1 aromatic rings. The van der Waals surface area contributed by atoms with Crippen molar-refractivity contribution in [2.75, 3.05) is 5.73 Å². The van der Waals surface area contributed by atoms with E-state index in [0.29, 0.717) is 16.8 Å². The number of anilines is 1. The summed E-state index contributed by atoms with van der Waals surface area (Å²) < 4.78 is 38.0. The molecule has 0 spiro atoms. The number of nitrogens with two attached hydrogens (primary N) is 1. The van der Waals surface area contributed by atoms with Crippen LogP contribution in [0.3, 0.4) is 0 Å². The first kappa shape index (κ1) is 16.3. The SMILES string of the molecule is C/C=C(\C=N/C(CC)C(F)(F)F)c1cc(C)ccc1N. The molecule has 0 aliphatic carbocycles. The zero-order valence-electron chi connectivity index (χ0n) is 11.8. The zero-order chi connectivity index (χ0) is 15.3. The summed E-state index contributed by atoms with van der Waals surface area (Å²) in [5.74, 6) is 0. The molecule has 110 valence electrons. The molecule has 1 atom stereocenters. The standard InChI is InChI=1S/C15H19F3N2/c1-4-11(9-20-14(5-2)15(16,17)18)12-8-10(3)6-7-13(12)19/h4,6-9,14H,5,19H2,1-3H3/b11-4+,20-9-. The lowest BCUT2D eigenvalue weighted by Crippen LogP contribution is -2.26. The van der Waals surface area contributed by atoms with Crippen LogP contribution in [0.25, 0.3) is 5.57 Å². The smallest absolute Gasteiger partial charge is 0.398 e. The molecule has 20 heavy (non-hydrogen) atoms. The van der Waals surface area contributed by atoms with Gasteiger partial charge in [-0.15, -0.1) is 0 Å². The van der Waals surface area contributed by atoms with Gasteiger partial charge in [0.15, 0.2) is 0 Å². The van der Waals surface area contributed by atoms with Crippen molar-refractivity contribution >= 4 is 17.5 Å². The maximum atomic E-state index is 12.7. The molecule has 5 heteroatoms. The summed E-state index contributed by atoms with van der Waals surface area (Å²) in [5.41, 5.74) is 8.67. The maximum Gasteiger partial charge on any atom is 0.410 e. The summed E-state index contributed by atoms with van der Waals surface area (Å²) in [5, 5.41) is 0. The Kier molecular flexibility index (Phi) is 5.36. The topological polar surface area (TPSA) is 38.4 Å². The largest absolute Gasteiger partial charge is 0.410 e. The third-order valence-electron chi connectivity index (χ3n) is 2.99. The second-order valence-electron chi connectivity index (χ2n) is 4.58. The minimum absolute atomic E-state index is 0.0830. The van der Waals surface area contributed by atoms with Gasteiger partial charge in [-0.1, -0.05) is 24.6 Å². The van der Waals surface area contributed by atoms with Crippen molar-refractivity contribution in [1.29, 1.82) is 0 Å². The van der Waals surface area contributed by atoms with Gasteiger partial charge in [0.1, 0.15) is 6.04 Å². The molecular formula is C15H19F3N2. The van der Waals surface area contributed by atoms with Gasteiger partial charge in [-0.3, -0.25) is 4.99 Å². The molecule has 0 bridgehead atoms. The average Bonchev–Trinajstić information content (AvgIpc) is 2.36. The van der Waals surface area contributed by atoms with E-state index in [-0.39, 0.29) is 6.42 Å². The van der Waals surface area contributed by atoms with Gasteiger partial charge in [-0.05, 0) is 38.0 Å². The Morgan fingerprint density at radius 2 is 2.05 bits per heavy atom. The van der Waals surface area contributed by atoms with Gasteiger partial charge in [-0.2, -0.15) is 13.2 Å². The number of nitrogen functional groups attached to an aromatic ring is 1. The molecule has 0 fully saturated rings. The Bertz CT molecular complexity index is 516. The van der Waals surface area contributed by atoms with Gasteiger partial charge in [0.05, 0.1) is 0 Å². The van der Waals surface area contributed by atoms with Crippen LogP contribution < -0.4 is 5.73 Å². The number of halogens is 3. The third-order valence-corrected chi connectivity index (χ3v) is 2.99. The van der Waals surface area contributed by atoms with Crippen LogP contribution in [0.15, 0.2) is 29.3 Å². The van der Waals surface area contributed by atoms with E-state index in [1.165, 1.54) is 13.1 Å². The summed E-state index contributed by atoms with van der Waals surface area (Å²) in [6.45, 7) is 5.11. The number of hydrogen-bond donors (Lipinski definition) is 1. The highest BCUT2D eigenvalue weighted by Gasteiger charge is 2.37. The second-order valence-corrected chi connectivity index (χ2v) is 4.58. The van der Waals surface area contributed by atoms with Crippen molar-refractivity contribution in [2.45, 2.75) is 39.4 Å². The minimum Gasteiger partial charge on any atom is -0.398 e. The van der Waals surface area contributed by atoms with Crippen LogP contribution in [-0.4, -0.2) is 18.4 Å². The Balaban J connectivity index is 3.07. The first-order chi connectivity index (χ1) is 9.29. The van der Waals surface area contributed by atoms with Crippen molar-refractivity contribution in [3.8, 4) is 0 Å². The fourth-order valence-electron chi connectivity index (χ4n) is 1.81. The van der Waals surface area contributed by atoms with Crippen LogP contribution in [0.4, 0.5) is 18.9 Å². The second kappa shape index (κ2) is 6.59. The zero-order valence-corrected chi connectivity index (χ0v) is 11.8. The van der Waals surface area contributed by atoms with E-state index in [9.17, 15) is 13.2 Å². The molecule has 1 unspecified atom stereocenters. The maximum absolute atomic E-state index is 12.7. The summed E-state index contributed by atoms with van der Waals surface area (Å²) in [4.78, 5) is 3.66. The number of nitrogens with zero attached hydrogens (tertiary/aromatic N) is 1. The molecule has 0 heterocycles. The molecule has 1 rings (SSSR count). The average molecular weight is 284 g/mol. The molecule has 2 N–H and O–H groups in total. The minimum atomic E-state index is -4.32. The van der Waals surface area contributed by atoms with E-state index >= 15 is 0 Å². The number of benzene rings is 1. The highest BCUT2D eigenvalue weighted by Crippen LogP contribution is 2.26. The molecule has 2 nitrogen and oxygen atoms in total. The Hall–Kier alpha value is -1.78. The van der Waals surface area contributed by atoms with Crippen molar-refractivity contribution in [1.82, 2.24) is 0 Å². The highest BCUT2D eigenvalue weighted by atomic mass is 19.4. The van der Waals surface area contributed by atoms with Crippen LogP contribution in [0.1, 0.15) is 31.4 Å². The van der Waals surface area contributed by atoms with Gasteiger partial charge in [0.25, 0.3) is 0 Å². The van der Waals surface area contributed by atoms with Crippen LogP contribution in [0, 0.1) is 6.92 Å². The first-order valence-corrected chi connectivity index (χ1v) is 6.42. The van der Waals surface area contributed by atoms with Gasteiger partial charge < -0.3 is 5.73 Å². The van der Waals surface area contributed by atoms with E-state index in [1.807, 2.05) is 19.1 Å². The van der Waals surface area contributed by atoms with Gasteiger partial charge in [0, 0.05) is 17.5 Å². The van der Waals surface area contributed by atoms with E-state index in [0.717, 1.165) is 5.56 Å². The predicted octanol–water partition coefficient (Wildman–Crippen LogP) is 4.39. The van der Waals surface area contributed by atoms with Crippen molar-refractivity contribution < 1.29 is 13.2 Å². The highest BCUT2D eigenvalue weighted by molar-refractivity contribution is 6.11. The van der Waals surface area contributed by atoms with E-state index < -0.39 is 12.2 Å². The van der Waals surface area contributed by atoms with E-state index in [1.54, 1.807) is 19.1 Å². The quantitative estimate of drug-likeness (QED) is 0.646. The molecule has 0 aliphatic rings. The summed E-state index contributed by atoms with van der Waals surface area (Å²) >= 11 is 0. The number of hydrogen-bond acceptors (Lipinski definition) is 2. The number of rotatable bonds is 4. The summed E-state index contributed by atoms with van der Waals surface area (Å²) in [6, 6.07) is 3.76.